The molecule has 1 fully saturated rings. The molecule has 0 unspecified atom stereocenters. The lowest BCUT2D eigenvalue weighted by Gasteiger charge is -2.36. The first-order chi connectivity index (χ1) is 8.27. The summed E-state index contributed by atoms with van der Waals surface area (Å²) in [5, 5.41) is 0. The number of carbonyl (C=O) groups excluding carboxylic acids is 1. The number of esters is 1. The molecule has 0 N–H and O–H groups in total. The molecule has 17 heavy (non-hydrogen) atoms. The molecule has 90 valence electrons. The second kappa shape index (κ2) is 5.17. The summed E-state index contributed by atoms with van der Waals surface area (Å²) in [7, 11) is 0. The zero-order chi connectivity index (χ0) is 12.1. The maximum absolute atomic E-state index is 11.5. The van der Waals surface area contributed by atoms with Gasteiger partial charge in [0.25, 0.3) is 0 Å². The minimum Gasteiger partial charge on any atom is -0.451 e. The summed E-state index contributed by atoms with van der Waals surface area (Å²) >= 11 is 0. The van der Waals surface area contributed by atoms with Gasteiger partial charge in [-0.25, -0.2) is 4.79 Å². The first-order valence-corrected chi connectivity index (χ1v) is 6.18. The van der Waals surface area contributed by atoms with Crippen LogP contribution in [-0.4, -0.2) is 5.97 Å². The Morgan fingerprint density at radius 1 is 1.18 bits per heavy atom. The Bertz CT molecular complexity index is 389. The molecule has 1 aliphatic rings. The van der Waals surface area contributed by atoms with Gasteiger partial charge in [-0.15, -0.1) is 0 Å². The molecule has 0 aliphatic heterocycles. The van der Waals surface area contributed by atoms with E-state index in [9.17, 15) is 4.79 Å². The van der Waals surface area contributed by atoms with Crippen molar-refractivity contribution in [2.75, 3.05) is 0 Å². The van der Waals surface area contributed by atoms with Crippen LogP contribution in [-0.2, 0) is 15.1 Å². The SMILES string of the molecule is C=CC(=O)OC1(c2ccccc2)CCCCC1. The molecule has 2 heteroatoms. The largest absolute Gasteiger partial charge is 0.451 e. The Labute approximate surface area is 102 Å². The van der Waals surface area contributed by atoms with Gasteiger partial charge in [0.2, 0.25) is 0 Å². The van der Waals surface area contributed by atoms with E-state index >= 15 is 0 Å². The molecular weight excluding hydrogens is 212 g/mol. The zero-order valence-electron chi connectivity index (χ0n) is 10.0. The van der Waals surface area contributed by atoms with Gasteiger partial charge in [0, 0.05) is 6.08 Å². The van der Waals surface area contributed by atoms with Crippen LogP contribution >= 0.6 is 0 Å². The lowest BCUT2D eigenvalue weighted by molar-refractivity contribution is -0.158. The van der Waals surface area contributed by atoms with Gasteiger partial charge in [-0.2, -0.15) is 0 Å². The second-order valence-electron chi connectivity index (χ2n) is 4.55. The van der Waals surface area contributed by atoms with Gasteiger partial charge in [-0.05, 0) is 31.2 Å². The van der Waals surface area contributed by atoms with Crippen LogP contribution in [0, 0.1) is 0 Å². The van der Waals surface area contributed by atoms with Crippen LogP contribution in [0.25, 0.3) is 0 Å². The van der Waals surface area contributed by atoms with Crippen molar-refractivity contribution >= 4 is 5.97 Å². The van der Waals surface area contributed by atoms with Crippen molar-refractivity contribution < 1.29 is 9.53 Å². The molecule has 0 aromatic heterocycles. The van der Waals surface area contributed by atoms with E-state index in [1.807, 2.05) is 30.3 Å². The zero-order valence-corrected chi connectivity index (χ0v) is 10.0. The quantitative estimate of drug-likeness (QED) is 0.586. The molecule has 0 spiro atoms. The van der Waals surface area contributed by atoms with Crippen molar-refractivity contribution in [3.63, 3.8) is 0 Å². The number of hydrogen-bond acceptors (Lipinski definition) is 2. The van der Waals surface area contributed by atoms with Gasteiger partial charge in [0.1, 0.15) is 5.60 Å². The van der Waals surface area contributed by atoms with Crippen molar-refractivity contribution in [2.45, 2.75) is 37.7 Å². The van der Waals surface area contributed by atoms with Gasteiger partial charge in [0.15, 0.2) is 0 Å². The fourth-order valence-electron chi connectivity index (χ4n) is 2.55. The fourth-order valence-corrected chi connectivity index (χ4v) is 2.55. The molecule has 2 rings (SSSR count). The average molecular weight is 230 g/mol. The Kier molecular flexibility index (Phi) is 3.62. The highest BCUT2D eigenvalue weighted by Gasteiger charge is 2.37. The van der Waals surface area contributed by atoms with Crippen LogP contribution in [0.15, 0.2) is 43.0 Å². The summed E-state index contributed by atoms with van der Waals surface area (Å²) in [5.74, 6) is -0.323. The van der Waals surface area contributed by atoms with Gasteiger partial charge in [-0.3, -0.25) is 0 Å². The highest BCUT2D eigenvalue weighted by atomic mass is 16.6. The molecule has 1 saturated carbocycles. The third-order valence-corrected chi connectivity index (χ3v) is 3.42. The van der Waals surface area contributed by atoms with E-state index < -0.39 is 5.60 Å². The summed E-state index contributed by atoms with van der Waals surface area (Å²) in [6.07, 6.45) is 6.52. The smallest absolute Gasteiger partial charge is 0.331 e. The molecule has 2 nitrogen and oxygen atoms in total. The lowest BCUT2D eigenvalue weighted by Crippen LogP contribution is -2.34. The van der Waals surface area contributed by atoms with Crippen molar-refractivity contribution in [1.29, 1.82) is 0 Å². The van der Waals surface area contributed by atoms with Crippen LogP contribution in [0.5, 0.6) is 0 Å². The van der Waals surface area contributed by atoms with E-state index in [2.05, 4.69) is 6.58 Å². The number of benzene rings is 1. The van der Waals surface area contributed by atoms with E-state index in [0.29, 0.717) is 0 Å². The van der Waals surface area contributed by atoms with E-state index in [1.165, 1.54) is 12.5 Å². The van der Waals surface area contributed by atoms with Gasteiger partial charge >= 0.3 is 5.97 Å². The monoisotopic (exact) mass is 230 g/mol. The number of carbonyl (C=O) groups is 1. The molecule has 0 heterocycles. The second-order valence-corrected chi connectivity index (χ2v) is 4.55. The normalized spacial score (nSPS) is 18.4. The summed E-state index contributed by atoms with van der Waals surface area (Å²) < 4.78 is 5.66. The predicted octanol–water partition coefficient (Wildman–Crippen LogP) is 3.58. The number of hydrogen-bond donors (Lipinski definition) is 0. The first-order valence-electron chi connectivity index (χ1n) is 6.18. The standard InChI is InChI=1S/C15H18O2/c1-2-14(16)17-15(11-7-4-8-12-15)13-9-5-3-6-10-13/h2-3,5-6,9-10H,1,4,7-8,11-12H2. The average Bonchev–Trinajstić information content (AvgIpc) is 2.40. The minimum atomic E-state index is -0.426. The van der Waals surface area contributed by atoms with Crippen molar-refractivity contribution in [3.05, 3.63) is 48.6 Å². The number of ether oxygens (including phenoxy) is 1. The Morgan fingerprint density at radius 2 is 1.82 bits per heavy atom. The summed E-state index contributed by atoms with van der Waals surface area (Å²) in [4.78, 5) is 11.5. The summed E-state index contributed by atoms with van der Waals surface area (Å²) in [6, 6.07) is 10.1. The Morgan fingerprint density at radius 3 is 2.41 bits per heavy atom. The molecule has 0 saturated heterocycles. The van der Waals surface area contributed by atoms with E-state index in [4.69, 9.17) is 4.74 Å². The van der Waals surface area contributed by atoms with Crippen LogP contribution in [0.2, 0.25) is 0 Å². The molecule has 1 aromatic carbocycles. The molecule has 0 radical (unpaired) electrons. The Balaban J connectivity index is 2.29. The van der Waals surface area contributed by atoms with Gasteiger partial charge in [0.05, 0.1) is 0 Å². The molecule has 1 aliphatic carbocycles. The van der Waals surface area contributed by atoms with E-state index in [0.717, 1.165) is 31.2 Å². The molecule has 0 bridgehead atoms. The summed E-state index contributed by atoms with van der Waals surface area (Å²) in [6.45, 7) is 3.48. The topological polar surface area (TPSA) is 26.3 Å². The van der Waals surface area contributed by atoms with Crippen molar-refractivity contribution in [3.8, 4) is 0 Å². The third kappa shape index (κ3) is 2.57. The molecule has 0 atom stereocenters. The number of rotatable bonds is 3. The summed E-state index contributed by atoms with van der Waals surface area (Å²) in [5.41, 5.74) is 0.681. The van der Waals surface area contributed by atoms with Gasteiger partial charge < -0.3 is 4.74 Å². The third-order valence-electron chi connectivity index (χ3n) is 3.42. The maximum Gasteiger partial charge on any atom is 0.331 e. The Hall–Kier alpha value is -1.57. The van der Waals surface area contributed by atoms with Crippen LogP contribution < -0.4 is 0 Å². The first kappa shape index (κ1) is 11.9. The van der Waals surface area contributed by atoms with Crippen LogP contribution in [0.4, 0.5) is 0 Å². The van der Waals surface area contributed by atoms with Crippen molar-refractivity contribution in [2.24, 2.45) is 0 Å². The molecule has 0 amide bonds. The van der Waals surface area contributed by atoms with Gasteiger partial charge in [-0.1, -0.05) is 43.3 Å². The minimum absolute atomic E-state index is 0.323. The van der Waals surface area contributed by atoms with Crippen LogP contribution in [0.1, 0.15) is 37.7 Å². The fraction of sp³-hybridized carbons (Fsp3) is 0.400. The molecule has 1 aromatic rings. The lowest BCUT2D eigenvalue weighted by atomic mass is 9.79. The van der Waals surface area contributed by atoms with Crippen molar-refractivity contribution in [1.82, 2.24) is 0 Å². The predicted molar refractivity (Wildman–Crippen MR) is 67.5 cm³/mol. The maximum atomic E-state index is 11.5. The molecular formula is C15H18O2. The van der Waals surface area contributed by atoms with E-state index in [1.54, 1.807) is 0 Å². The van der Waals surface area contributed by atoms with Crippen LogP contribution in [0.3, 0.4) is 0 Å². The highest BCUT2D eigenvalue weighted by molar-refractivity contribution is 5.81. The van der Waals surface area contributed by atoms with E-state index in [-0.39, 0.29) is 5.97 Å². The highest BCUT2D eigenvalue weighted by Crippen LogP contribution is 2.40.